The molecule has 0 radical (unpaired) electrons. The van der Waals surface area contributed by atoms with Crippen LogP contribution >= 0.6 is 11.3 Å². The Morgan fingerprint density at radius 2 is 1.88 bits per heavy atom. The number of aromatic nitrogens is 1. The van der Waals surface area contributed by atoms with Gasteiger partial charge < -0.3 is 0 Å². The van der Waals surface area contributed by atoms with E-state index < -0.39 is 10.0 Å². The zero-order valence-corrected chi connectivity index (χ0v) is 16.5. The summed E-state index contributed by atoms with van der Waals surface area (Å²) in [5.41, 5.74) is 3.93. The van der Waals surface area contributed by atoms with E-state index in [1.165, 1.54) is 11.3 Å². The van der Waals surface area contributed by atoms with Gasteiger partial charge in [0.15, 0.2) is 0 Å². The van der Waals surface area contributed by atoms with Crippen LogP contribution in [0, 0.1) is 10.8 Å². The molecule has 1 aromatic carbocycles. The van der Waals surface area contributed by atoms with E-state index in [0.717, 1.165) is 30.5 Å². The molecule has 4 rings (SSSR count). The van der Waals surface area contributed by atoms with Crippen molar-refractivity contribution in [1.82, 2.24) is 9.29 Å². The molecule has 2 heterocycles. The highest BCUT2D eigenvalue weighted by atomic mass is 32.2. The monoisotopic (exact) mass is 376 g/mol. The zero-order chi connectivity index (χ0) is 17.9. The van der Waals surface area contributed by atoms with Gasteiger partial charge in [-0.05, 0) is 42.2 Å². The van der Waals surface area contributed by atoms with Gasteiger partial charge in [-0.15, -0.1) is 11.3 Å². The highest BCUT2D eigenvalue weighted by Crippen LogP contribution is 2.53. The van der Waals surface area contributed by atoms with E-state index in [1.807, 2.05) is 17.5 Å². The number of benzene rings is 1. The van der Waals surface area contributed by atoms with Crippen LogP contribution in [0.4, 0.5) is 0 Å². The molecule has 2 fully saturated rings. The lowest BCUT2D eigenvalue weighted by atomic mass is 9.65. The average molecular weight is 377 g/mol. The van der Waals surface area contributed by atoms with Gasteiger partial charge in [0.25, 0.3) is 0 Å². The maximum atomic E-state index is 13.2. The molecular formula is C19H24N2O2S2. The van der Waals surface area contributed by atoms with Gasteiger partial charge in [-0.25, -0.2) is 13.4 Å². The summed E-state index contributed by atoms with van der Waals surface area (Å²) in [5.74, 6) is 0. The van der Waals surface area contributed by atoms with Gasteiger partial charge in [-0.1, -0.05) is 32.9 Å². The van der Waals surface area contributed by atoms with E-state index in [0.29, 0.717) is 11.4 Å². The predicted octanol–water partition coefficient (Wildman–Crippen LogP) is 4.40. The van der Waals surface area contributed by atoms with Crippen molar-refractivity contribution in [2.24, 2.45) is 10.8 Å². The minimum absolute atomic E-state index is 0.0972. The molecule has 2 aliphatic rings. The Bertz CT molecular complexity index is 873. The van der Waals surface area contributed by atoms with Gasteiger partial charge in [0.05, 0.1) is 16.1 Å². The molecule has 1 aromatic heterocycles. The lowest BCUT2D eigenvalue weighted by Gasteiger charge is -2.39. The molecule has 2 bridgehead atoms. The van der Waals surface area contributed by atoms with Crippen LogP contribution in [0.5, 0.6) is 0 Å². The smallest absolute Gasteiger partial charge is 0.243 e. The fraction of sp³-hybridized carbons (Fsp3) is 0.526. The number of fused-ring (bicyclic) bond motifs is 2. The molecule has 1 aliphatic carbocycles. The van der Waals surface area contributed by atoms with E-state index >= 15 is 0 Å². The van der Waals surface area contributed by atoms with E-state index in [9.17, 15) is 8.42 Å². The number of rotatable bonds is 3. The molecule has 6 heteroatoms. The largest absolute Gasteiger partial charge is 0.245 e. The fourth-order valence-corrected chi connectivity index (χ4v) is 7.31. The molecule has 1 aliphatic heterocycles. The SMILES string of the molecule is CC1(C)CC2CC(C)(CN2S(=O)(=O)c2ccc(-c3cscn3)cc2)C1. The zero-order valence-electron chi connectivity index (χ0n) is 14.9. The van der Waals surface area contributed by atoms with Crippen LogP contribution in [-0.2, 0) is 10.0 Å². The fourth-order valence-electron chi connectivity index (χ4n) is 4.98. The van der Waals surface area contributed by atoms with Crippen molar-refractivity contribution in [3.05, 3.63) is 35.2 Å². The average Bonchev–Trinajstić information content (AvgIpc) is 3.13. The third kappa shape index (κ3) is 3.04. The van der Waals surface area contributed by atoms with Crippen LogP contribution in [0.1, 0.15) is 40.0 Å². The first-order chi connectivity index (χ1) is 11.7. The maximum Gasteiger partial charge on any atom is 0.243 e. The highest BCUT2D eigenvalue weighted by Gasteiger charge is 2.53. The number of hydrogen-bond acceptors (Lipinski definition) is 4. The van der Waals surface area contributed by atoms with Crippen molar-refractivity contribution in [3.63, 3.8) is 0 Å². The Labute approximate surface area is 154 Å². The van der Waals surface area contributed by atoms with Crippen LogP contribution in [0.15, 0.2) is 40.1 Å². The molecule has 2 aromatic rings. The number of hydrogen-bond donors (Lipinski definition) is 0. The van der Waals surface area contributed by atoms with Gasteiger partial charge >= 0.3 is 0 Å². The molecule has 2 atom stereocenters. The van der Waals surface area contributed by atoms with Crippen LogP contribution < -0.4 is 0 Å². The minimum Gasteiger partial charge on any atom is -0.245 e. The number of thiazole rings is 1. The van der Waals surface area contributed by atoms with Gasteiger partial charge in [0, 0.05) is 23.5 Å². The topological polar surface area (TPSA) is 50.3 Å². The molecule has 4 nitrogen and oxygen atoms in total. The van der Waals surface area contributed by atoms with Crippen molar-refractivity contribution in [1.29, 1.82) is 0 Å². The van der Waals surface area contributed by atoms with E-state index in [2.05, 4.69) is 25.8 Å². The van der Waals surface area contributed by atoms with E-state index in [-0.39, 0.29) is 16.9 Å². The van der Waals surface area contributed by atoms with Crippen LogP contribution in [0.25, 0.3) is 11.3 Å². The van der Waals surface area contributed by atoms with Crippen molar-refractivity contribution < 1.29 is 8.42 Å². The molecule has 134 valence electrons. The third-order valence-electron chi connectivity index (χ3n) is 5.56. The first-order valence-electron chi connectivity index (χ1n) is 8.69. The molecular weight excluding hydrogens is 352 g/mol. The molecule has 25 heavy (non-hydrogen) atoms. The van der Waals surface area contributed by atoms with Gasteiger partial charge in [-0.3, -0.25) is 0 Å². The Hall–Kier alpha value is -1.24. The summed E-state index contributed by atoms with van der Waals surface area (Å²) in [5, 5.41) is 1.97. The first-order valence-corrected chi connectivity index (χ1v) is 11.1. The number of sulfonamides is 1. The van der Waals surface area contributed by atoms with Gasteiger partial charge in [0.2, 0.25) is 10.0 Å². The second-order valence-corrected chi connectivity index (χ2v) is 11.3. The predicted molar refractivity (Wildman–Crippen MR) is 101 cm³/mol. The Morgan fingerprint density at radius 3 is 2.52 bits per heavy atom. The lowest BCUT2D eigenvalue weighted by Crippen LogP contribution is -2.37. The van der Waals surface area contributed by atoms with Crippen LogP contribution in [0.2, 0.25) is 0 Å². The summed E-state index contributed by atoms with van der Waals surface area (Å²) < 4.78 is 28.2. The maximum absolute atomic E-state index is 13.2. The molecule has 1 saturated carbocycles. The Morgan fingerprint density at radius 1 is 1.16 bits per heavy atom. The second-order valence-electron chi connectivity index (χ2n) is 8.66. The summed E-state index contributed by atoms with van der Waals surface area (Å²) >= 11 is 1.54. The minimum atomic E-state index is -3.45. The van der Waals surface area contributed by atoms with Crippen LogP contribution in [0.3, 0.4) is 0 Å². The third-order valence-corrected chi connectivity index (χ3v) is 8.05. The molecule has 0 amide bonds. The summed E-state index contributed by atoms with van der Waals surface area (Å²) in [6, 6.07) is 7.28. The summed E-state index contributed by atoms with van der Waals surface area (Å²) in [4.78, 5) is 4.67. The standard InChI is InChI=1S/C19H24N2O2S2/c1-18(2)8-15-9-19(3,11-18)12-21(15)25(22,23)16-6-4-14(5-7-16)17-10-24-13-20-17/h4-7,10,13,15H,8-9,11-12H2,1-3H3. The molecule has 0 N–H and O–H groups in total. The lowest BCUT2D eigenvalue weighted by molar-refractivity contribution is 0.133. The molecule has 1 saturated heterocycles. The molecule has 2 unspecified atom stereocenters. The first kappa shape index (κ1) is 17.2. The summed E-state index contributed by atoms with van der Waals surface area (Å²) in [7, 11) is -3.45. The van der Waals surface area contributed by atoms with Gasteiger partial charge in [-0.2, -0.15) is 4.31 Å². The summed E-state index contributed by atoms with van der Waals surface area (Å²) in [6.45, 7) is 7.39. The van der Waals surface area contributed by atoms with Crippen molar-refractivity contribution in [2.45, 2.75) is 51.0 Å². The van der Waals surface area contributed by atoms with E-state index in [4.69, 9.17) is 0 Å². The highest BCUT2D eigenvalue weighted by molar-refractivity contribution is 7.89. The second kappa shape index (κ2) is 5.63. The number of nitrogens with zero attached hydrogens (tertiary/aromatic N) is 2. The van der Waals surface area contributed by atoms with Crippen molar-refractivity contribution in [3.8, 4) is 11.3 Å². The Balaban J connectivity index is 1.64. The molecule has 0 spiro atoms. The van der Waals surface area contributed by atoms with Gasteiger partial charge in [0.1, 0.15) is 0 Å². The normalized spacial score (nSPS) is 29.0. The quantitative estimate of drug-likeness (QED) is 0.798. The summed E-state index contributed by atoms with van der Waals surface area (Å²) in [6.07, 6.45) is 3.01. The van der Waals surface area contributed by atoms with Crippen molar-refractivity contribution >= 4 is 21.4 Å². The van der Waals surface area contributed by atoms with Crippen LogP contribution in [-0.4, -0.2) is 30.3 Å². The van der Waals surface area contributed by atoms with E-state index in [1.54, 1.807) is 21.9 Å². The van der Waals surface area contributed by atoms with Crippen molar-refractivity contribution in [2.75, 3.05) is 6.54 Å². The Kier molecular flexibility index (Phi) is 3.87.